The average molecular weight is 332 g/mol. The highest BCUT2D eigenvalue weighted by Gasteiger charge is 2.19. The van der Waals surface area contributed by atoms with Crippen LogP contribution in [0.25, 0.3) is 0 Å². The maximum Gasteiger partial charge on any atom is 0.322 e. The third-order valence-corrected chi connectivity index (χ3v) is 3.90. The van der Waals surface area contributed by atoms with Gasteiger partial charge >= 0.3 is 6.03 Å². The van der Waals surface area contributed by atoms with Crippen molar-refractivity contribution in [3.63, 3.8) is 0 Å². The van der Waals surface area contributed by atoms with Gasteiger partial charge in [0.1, 0.15) is 17.3 Å². The third kappa shape index (κ3) is 3.95. The molecule has 24 heavy (non-hydrogen) atoms. The first-order chi connectivity index (χ1) is 11.5. The number of nitrogens with one attached hydrogen (secondary N) is 1. The summed E-state index contributed by atoms with van der Waals surface area (Å²) in [4.78, 5) is 14.0. The third-order valence-electron chi connectivity index (χ3n) is 3.90. The lowest BCUT2D eigenvalue weighted by molar-refractivity contribution is 0.208. The number of hydrogen-bond donors (Lipinski definition) is 1. The summed E-state index contributed by atoms with van der Waals surface area (Å²) in [6, 6.07) is 10.7. The normalized spacial score (nSPS) is 11.5. The van der Waals surface area contributed by atoms with Crippen LogP contribution >= 0.6 is 0 Å². The Bertz CT molecular complexity index is 704. The molecule has 0 saturated carbocycles. The SMILES string of the molecule is COc1ccc(NC(=O)N(C)[C@H](C)c2ccc(F)cc2)c(OC)c1. The number of benzene rings is 2. The first-order valence-corrected chi connectivity index (χ1v) is 7.47. The van der Waals surface area contributed by atoms with Crippen molar-refractivity contribution < 1.29 is 18.7 Å². The molecule has 0 unspecified atom stereocenters. The van der Waals surface area contributed by atoms with E-state index in [9.17, 15) is 9.18 Å². The van der Waals surface area contributed by atoms with Crippen LogP contribution in [0.15, 0.2) is 42.5 Å². The first-order valence-electron chi connectivity index (χ1n) is 7.47. The summed E-state index contributed by atoms with van der Waals surface area (Å²) in [5.74, 6) is 0.837. The molecule has 0 aliphatic carbocycles. The molecule has 0 aromatic heterocycles. The Hall–Kier alpha value is -2.76. The van der Waals surface area contributed by atoms with Crippen LogP contribution in [0, 0.1) is 5.82 Å². The molecule has 2 aromatic carbocycles. The standard InChI is InChI=1S/C18H21FN2O3/c1-12(13-5-7-14(19)8-6-13)21(2)18(22)20-16-10-9-15(23-3)11-17(16)24-4/h5-12H,1-4H3,(H,20,22)/t12-/m1/s1. The van der Waals surface area contributed by atoms with Crippen molar-refractivity contribution >= 4 is 11.7 Å². The maximum absolute atomic E-state index is 13.0. The highest BCUT2D eigenvalue weighted by atomic mass is 19.1. The van der Waals surface area contributed by atoms with Gasteiger partial charge < -0.3 is 19.7 Å². The van der Waals surface area contributed by atoms with Crippen LogP contribution in [0.1, 0.15) is 18.5 Å². The Kier molecular flexibility index (Phi) is 5.63. The minimum absolute atomic E-state index is 0.213. The van der Waals surface area contributed by atoms with Crippen molar-refractivity contribution in [1.82, 2.24) is 4.90 Å². The summed E-state index contributed by atoms with van der Waals surface area (Å²) >= 11 is 0. The Morgan fingerprint density at radius 3 is 2.38 bits per heavy atom. The number of hydrogen-bond acceptors (Lipinski definition) is 3. The van der Waals surface area contributed by atoms with Gasteiger partial charge in [-0.1, -0.05) is 12.1 Å². The van der Waals surface area contributed by atoms with Gasteiger partial charge in [-0.3, -0.25) is 0 Å². The van der Waals surface area contributed by atoms with Crippen LogP contribution in [0.3, 0.4) is 0 Å². The number of anilines is 1. The van der Waals surface area contributed by atoms with Gasteiger partial charge in [0.25, 0.3) is 0 Å². The number of carbonyl (C=O) groups is 1. The molecular weight excluding hydrogens is 311 g/mol. The van der Waals surface area contributed by atoms with Crippen molar-refractivity contribution in [2.75, 3.05) is 26.6 Å². The largest absolute Gasteiger partial charge is 0.497 e. The molecule has 0 fully saturated rings. The molecule has 6 heteroatoms. The minimum atomic E-state index is -0.305. The lowest BCUT2D eigenvalue weighted by Crippen LogP contribution is -2.33. The highest BCUT2D eigenvalue weighted by molar-refractivity contribution is 5.91. The van der Waals surface area contributed by atoms with Crippen molar-refractivity contribution in [1.29, 1.82) is 0 Å². The zero-order valence-corrected chi connectivity index (χ0v) is 14.2. The van der Waals surface area contributed by atoms with Gasteiger partial charge in [-0.2, -0.15) is 0 Å². The molecule has 2 aromatic rings. The van der Waals surface area contributed by atoms with Gasteiger partial charge in [0.15, 0.2) is 0 Å². The molecule has 0 heterocycles. The second kappa shape index (κ2) is 7.68. The number of amides is 2. The maximum atomic E-state index is 13.0. The minimum Gasteiger partial charge on any atom is -0.497 e. The second-order valence-corrected chi connectivity index (χ2v) is 5.33. The van der Waals surface area contributed by atoms with Gasteiger partial charge in [-0.15, -0.1) is 0 Å². The molecule has 0 spiro atoms. The topological polar surface area (TPSA) is 50.8 Å². The first kappa shape index (κ1) is 17.6. The fourth-order valence-electron chi connectivity index (χ4n) is 2.25. The number of methoxy groups -OCH3 is 2. The van der Waals surface area contributed by atoms with Crippen LogP contribution < -0.4 is 14.8 Å². The Balaban J connectivity index is 2.12. The van der Waals surface area contributed by atoms with E-state index < -0.39 is 0 Å². The summed E-state index contributed by atoms with van der Waals surface area (Å²) in [5, 5.41) is 2.81. The van der Waals surface area contributed by atoms with E-state index in [0.29, 0.717) is 17.2 Å². The Labute approximate surface area is 141 Å². The molecule has 0 radical (unpaired) electrons. The molecule has 0 saturated heterocycles. The molecule has 2 amide bonds. The van der Waals surface area contributed by atoms with E-state index >= 15 is 0 Å². The van der Waals surface area contributed by atoms with E-state index in [1.807, 2.05) is 6.92 Å². The van der Waals surface area contributed by atoms with Gasteiger partial charge in [-0.25, -0.2) is 9.18 Å². The molecule has 2 rings (SSSR count). The number of carbonyl (C=O) groups excluding carboxylic acids is 1. The number of urea groups is 1. The fourth-order valence-corrected chi connectivity index (χ4v) is 2.25. The number of nitrogens with zero attached hydrogens (tertiary/aromatic N) is 1. The summed E-state index contributed by atoms with van der Waals surface area (Å²) < 4.78 is 23.4. The van der Waals surface area contributed by atoms with Crippen LogP contribution in [0.4, 0.5) is 14.9 Å². The van der Waals surface area contributed by atoms with Crippen LogP contribution in [0.5, 0.6) is 11.5 Å². The zero-order valence-electron chi connectivity index (χ0n) is 14.2. The molecular formula is C18H21FN2O3. The van der Waals surface area contributed by atoms with Crippen LogP contribution in [-0.2, 0) is 0 Å². The molecule has 0 aliphatic rings. The molecule has 128 valence electrons. The number of rotatable bonds is 5. The van der Waals surface area contributed by atoms with E-state index in [4.69, 9.17) is 9.47 Å². The summed E-state index contributed by atoms with van der Waals surface area (Å²) in [6.07, 6.45) is 0. The van der Waals surface area contributed by atoms with E-state index in [0.717, 1.165) is 5.56 Å². The van der Waals surface area contributed by atoms with Crippen molar-refractivity contribution in [2.45, 2.75) is 13.0 Å². The number of ether oxygens (including phenoxy) is 2. The molecule has 0 aliphatic heterocycles. The highest BCUT2D eigenvalue weighted by Crippen LogP contribution is 2.30. The smallest absolute Gasteiger partial charge is 0.322 e. The van der Waals surface area contributed by atoms with E-state index in [-0.39, 0.29) is 17.9 Å². The van der Waals surface area contributed by atoms with Crippen LogP contribution in [-0.4, -0.2) is 32.2 Å². The van der Waals surface area contributed by atoms with Gasteiger partial charge in [-0.05, 0) is 36.8 Å². The average Bonchev–Trinajstić information content (AvgIpc) is 2.61. The summed E-state index contributed by atoms with van der Waals surface area (Å²) in [5.41, 5.74) is 1.39. The van der Waals surface area contributed by atoms with E-state index in [1.54, 1.807) is 44.5 Å². The van der Waals surface area contributed by atoms with Gasteiger partial charge in [0.2, 0.25) is 0 Å². The Morgan fingerprint density at radius 2 is 1.79 bits per heavy atom. The summed E-state index contributed by atoms with van der Waals surface area (Å²) in [6.45, 7) is 1.87. The molecule has 1 N–H and O–H groups in total. The van der Waals surface area contributed by atoms with E-state index in [2.05, 4.69) is 5.32 Å². The second-order valence-electron chi connectivity index (χ2n) is 5.33. The van der Waals surface area contributed by atoms with Gasteiger partial charge in [0, 0.05) is 13.1 Å². The van der Waals surface area contributed by atoms with Crippen molar-refractivity contribution in [3.8, 4) is 11.5 Å². The fraction of sp³-hybridized carbons (Fsp3) is 0.278. The van der Waals surface area contributed by atoms with Crippen molar-refractivity contribution in [2.24, 2.45) is 0 Å². The van der Waals surface area contributed by atoms with E-state index in [1.165, 1.54) is 24.1 Å². The van der Waals surface area contributed by atoms with Crippen molar-refractivity contribution in [3.05, 3.63) is 53.8 Å². The lowest BCUT2D eigenvalue weighted by atomic mass is 10.1. The molecule has 0 bridgehead atoms. The van der Waals surface area contributed by atoms with Gasteiger partial charge in [0.05, 0.1) is 25.9 Å². The predicted octanol–water partition coefficient (Wildman–Crippen LogP) is 4.07. The lowest BCUT2D eigenvalue weighted by Gasteiger charge is -2.26. The molecule has 1 atom stereocenters. The predicted molar refractivity (Wildman–Crippen MR) is 91.1 cm³/mol. The Morgan fingerprint density at radius 1 is 1.12 bits per heavy atom. The molecule has 5 nitrogen and oxygen atoms in total. The number of halogens is 1. The van der Waals surface area contributed by atoms with Crippen LogP contribution in [0.2, 0.25) is 0 Å². The quantitative estimate of drug-likeness (QED) is 0.898. The monoisotopic (exact) mass is 332 g/mol. The zero-order chi connectivity index (χ0) is 17.7. The summed E-state index contributed by atoms with van der Waals surface area (Å²) in [7, 11) is 4.76.